The Labute approximate surface area is 282 Å². The molecule has 48 heavy (non-hydrogen) atoms. The molecule has 2 saturated carbocycles. The van der Waals surface area contributed by atoms with Gasteiger partial charge in [-0.3, -0.25) is 0 Å². The lowest BCUT2D eigenvalue weighted by molar-refractivity contribution is -0.467. The highest BCUT2D eigenvalue weighted by Gasteiger charge is 2.82. The molecule has 2 aliphatic carbocycles. The minimum Gasteiger partial charge on any atom is -0.394 e. The monoisotopic (exact) mass is 700 g/mol. The first-order valence-corrected chi connectivity index (χ1v) is 16.4. The summed E-state index contributed by atoms with van der Waals surface area (Å²) in [6.45, 7) is 12.1. The van der Waals surface area contributed by atoms with Crippen LogP contribution in [-0.4, -0.2) is 169 Å². The van der Waals surface area contributed by atoms with Crippen LogP contribution < -0.4 is 0 Å². The highest BCUT2D eigenvalue weighted by molar-refractivity contribution is 5.31. The fourth-order valence-electron chi connectivity index (χ4n) is 9.59. The number of hydrogen-bond acceptors (Lipinski definition) is 16. The minimum absolute atomic E-state index is 0. The van der Waals surface area contributed by atoms with E-state index in [1.165, 1.54) is 0 Å². The van der Waals surface area contributed by atoms with Gasteiger partial charge in [0.05, 0.1) is 25.4 Å². The third-order valence-corrected chi connectivity index (χ3v) is 10.8. The van der Waals surface area contributed by atoms with Crippen LogP contribution in [0.3, 0.4) is 0 Å². The topological polar surface area (TPSA) is 258 Å². The highest BCUT2D eigenvalue weighted by atomic mass is 16.8. The Hall–Kier alpha value is -0.640. The molecule has 5 rings (SSSR count). The standard InChI is InChI=1S/C29H50O16.C2H6.CH4/c1-26(2)9-28(5)10-27(3,4)29(26,28)45-25-22(44-24-20(39)18(37)15(34)12(7-31)41-24)21(16(35)13(8-32)42-25)43-23-19(38)17(36)14(33)11(6-30)40-23;1-2;/h11-25,30-39H,6-10H2,1-5H3;1-2H3;1H4/t11-,12-,13?,14-,15-,16?,17+,18+,19+,20+,21?,22?,23?,24?,25?,28?,29?;;/m1../s1. The van der Waals surface area contributed by atoms with E-state index in [4.69, 9.17) is 28.4 Å². The molecule has 0 amide bonds. The smallest absolute Gasteiger partial charge is 0.187 e. The normalized spacial score (nSPS) is 50.8. The van der Waals surface area contributed by atoms with Crippen LogP contribution in [0.5, 0.6) is 0 Å². The Morgan fingerprint density at radius 3 is 1.23 bits per heavy atom. The van der Waals surface area contributed by atoms with E-state index in [9.17, 15) is 51.1 Å². The average molecular weight is 701 g/mol. The van der Waals surface area contributed by atoms with Crippen molar-refractivity contribution in [1.29, 1.82) is 0 Å². The van der Waals surface area contributed by atoms with Crippen LogP contribution in [0.4, 0.5) is 0 Å². The molecule has 0 bridgehead atoms. The van der Waals surface area contributed by atoms with Crippen LogP contribution in [-0.2, 0) is 28.4 Å². The molecule has 3 saturated heterocycles. The van der Waals surface area contributed by atoms with Crippen LogP contribution in [0.2, 0.25) is 0 Å². The van der Waals surface area contributed by atoms with Crippen molar-refractivity contribution in [3.05, 3.63) is 0 Å². The van der Waals surface area contributed by atoms with Gasteiger partial charge in [-0.2, -0.15) is 0 Å². The zero-order valence-electron chi connectivity index (χ0n) is 28.1. The molecule has 5 aliphatic rings. The molecular formula is C32H60O16. The summed E-state index contributed by atoms with van der Waals surface area (Å²) in [4.78, 5) is 0. The van der Waals surface area contributed by atoms with E-state index in [-0.39, 0.29) is 23.7 Å². The number of rotatable bonds is 9. The van der Waals surface area contributed by atoms with Crippen LogP contribution >= 0.6 is 0 Å². The molecule has 16 heteroatoms. The lowest BCUT2D eigenvalue weighted by atomic mass is 9.26. The molecule has 3 heterocycles. The Morgan fingerprint density at radius 1 is 0.521 bits per heavy atom. The Kier molecular flexibility index (Phi) is 13.2. The Morgan fingerprint density at radius 2 is 0.875 bits per heavy atom. The van der Waals surface area contributed by atoms with Gasteiger partial charge in [0.15, 0.2) is 18.9 Å². The molecule has 7 unspecified atom stereocenters. The Balaban J connectivity index is 0.00000204. The fourth-order valence-corrected chi connectivity index (χ4v) is 9.59. The van der Waals surface area contributed by atoms with Gasteiger partial charge in [0, 0.05) is 0 Å². The molecule has 15 atom stereocenters. The maximum atomic E-state index is 11.4. The van der Waals surface area contributed by atoms with Crippen LogP contribution in [0.1, 0.15) is 68.7 Å². The number of fused-ring (bicyclic) bond motifs is 1. The maximum absolute atomic E-state index is 11.4. The van der Waals surface area contributed by atoms with Gasteiger partial charge in [-0.1, -0.05) is 55.9 Å². The molecule has 0 aromatic heterocycles. The van der Waals surface area contributed by atoms with E-state index in [1.54, 1.807) is 0 Å². The predicted molar refractivity (Wildman–Crippen MR) is 166 cm³/mol. The van der Waals surface area contributed by atoms with E-state index < -0.39 is 118 Å². The van der Waals surface area contributed by atoms with Crippen LogP contribution in [0.15, 0.2) is 0 Å². The molecule has 0 aromatic carbocycles. The summed E-state index contributed by atoms with van der Waals surface area (Å²) in [7, 11) is 0. The molecule has 3 aliphatic heterocycles. The molecule has 0 radical (unpaired) electrons. The van der Waals surface area contributed by atoms with Crippen molar-refractivity contribution >= 4 is 0 Å². The largest absolute Gasteiger partial charge is 0.394 e. The van der Waals surface area contributed by atoms with E-state index in [0.29, 0.717) is 0 Å². The molecular weight excluding hydrogens is 640 g/mol. The zero-order valence-corrected chi connectivity index (χ0v) is 28.1. The summed E-state index contributed by atoms with van der Waals surface area (Å²) in [5.41, 5.74) is -1.85. The van der Waals surface area contributed by atoms with E-state index in [1.807, 2.05) is 41.5 Å². The van der Waals surface area contributed by atoms with E-state index >= 15 is 0 Å². The van der Waals surface area contributed by atoms with Crippen LogP contribution in [0, 0.1) is 16.2 Å². The molecule has 16 nitrogen and oxygen atoms in total. The molecule has 0 aromatic rings. The number of aliphatic hydroxyl groups excluding tert-OH is 10. The van der Waals surface area contributed by atoms with Crippen LogP contribution in [0.25, 0.3) is 0 Å². The summed E-state index contributed by atoms with van der Waals surface area (Å²) in [6, 6.07) is 0. The lowest BCUT2D eigenvalue weighted by Crippen LogP contribution is -2.85. The van der Waals surface area contributed by atoms with Gasteiger partial charge in [-0.25, -0.2) is 0 Å². The van der Waals surface area contributed by atoms with Gasteiger partial charge in [0.1, 0.15) is 73.2 Å². The minimum atomic E-state index is -1.87. The second-order valence-electron chi connectivity index (χ2n) is 14.8. The number of ether oxygens (including phenoxy) is 6. The van der Waals surface area contributed by atoms with Gasteiger partial charge in [0.25, 0.3) is 0 Å². The van der Waals surface area contributed by atoms with Crippen molar-refractivity contribution in [2.75, 3.05) is 19.8 Å². The van der Waals surface area contributed by atoms with Gasteiger partial charge in [0.2, 0.25) is 0 Å². The molecule has 5 fully saturated rings. The van der Waals surface area contributed by atoms with Crippen molar-refractivity contribution < 1.29 is 79.5 Å². The number of hydrogen-bond donors (Lipinski definition) is 10. The van der Waals surface area contributed by atoms with Crippen molar-refractivity contribution in [2.24, 2.45) is 16.2 Å². The van der Waals surface area contributed by atoms with Gasteiger partial charge >= 0.3 is 0 Å². The predicted octanol–water partition coefficient (Wildman–Crippen LogP) is -2.28. The summed E-state index contributed by atoms with van der Waals surface area (Å²) >= 11 is 0. The highest BCUT2D eigenvalue weighted by Crippen LogP contribution is 2.81. The Bertz CT molecular complexity index is 1000. The van der Waals surface area contributed by atoms with E-state index in [2.05, 4.69) is 6.92 Å². The molecule has 10 N–H and O–H groups in total. The van der Waals surface area contributed by atoms with Crippen molar-refractivity contribution in [3.63, 3.8) is 0 Å². The maximum Gasteiger partial charge on any atom is 0.187 e. The first kappa shape index (κ1) is 41.8. The second-order valence-corrected chi connectivity index (χ2v) is 14.8. The zero-order chi connectivity index (χ0) is 35.4. The van der Waals surface area contributed by atoms with Gasteiger partial charge < -0.3 is 79.5 Å². The lowest BCUT2D eigenvalue weighted by Gasteiger charge is -2.82. The summed E-state index contributed by atoms with van der Waals surface area (Å²) < 4.78 is 36.2. The fraction of sp³-hybridized carbons (Fsp3) is 1.00. The summed E-state index contributed by atoms with van der Waals surface area (Å²) in [5.74, 6) is 0. The van der Waals surface area contributed by atoms with Crippen molar-refractivity contribution in [3.8, 4) is 0 Å². The summed E-state index contributed by atoms with van der Waals surface area (Å²) in [5, 5.41) is 104. The van der Waals surface area contributed by atoms with Crippen molar-refractivity contribution in [2.45, 2.75) is 166 Å². The third-order valence-electron chi connectivity index (χ3n) is 10.8. The first-order valence-electron chi connectivity index (χ1n) is 16.4. The average Bonchev–Trinajstić information content (AvgIpc) is 3.02. The summed E-state index contributed by atoms with van der Waals surface area (Å²) in [6.07, 6.45) is -22.8. The SMILES string of the molecule is C.CC.CC1(C)CC2(C)CC(C)(C)C12OC1OC(CO)C(O)C(OC2O[C@H](CO)[C@@H](O)[C@H](O)[C@@H]2O)C1OC1O[C@H](CO)[C@@H](O)[C@H](O)[C@@H]1O. The van der Waals surface area contributed by atoms with Gasteiger partial charge in [-0.05, 0) is 29.1 Å². The molecule has 0 spiro atoms. The van der Waals surface area contributed by atoms with Gasteiger partial charge in [-0.15, -0.1) is 0 Å². The third kappa shape index (κ3) is 6.48. The second kappa shape index (κ2) is 15.1. The van der Waals surface area contributed by atoms with Crippen molar-refractivity contribution in [1.82, 2.24) is 0 Å². The first-order chi connectivity index (χ1) is 21.9. The quantitative estimate of drug-likeness (QED) is 0.122. The molecule has 284 valence electrons. The van der Waals surface area contributed by atoms with E-state index in [0.717, 1.165) is 12.8 Å². The number of aliphatic hydroxyl groups is 10.